The first kappa shape index (κ1) is 48.9. The van der Waals surface area contributed by atoms with Gasteiger partial charge in [0.25, 0.3) is 0 Å². The molecule has 0 fully saturated rings. The average Bonchev–Trinajstić information content (AvgIpc) is 3.52. The smallest absolute Gasteiger partial charge is 0.0503 e. The summed E-state index contributed by atoms with van der Waals surface area (Å²) in [6, 6.07) is 116. The molecule has 0 amide bonds. The number of hydrogen-bond acceptors (Lipinski definition) is 6. The van der Waals surface area contributed by atoms with Crippen molar-refractivity contribution in [2.24, 2.45) is 0 Å². The van der Waals surface area contributed by atoms with Crippen LogP contribution in [0.15, 0.2) is 337 Å². The van der Waals surface area contributed by atoms with Crippen molar-refractivity contribution in [1.29, 1.82) is 0 Å². The molecule has 0 saturated carbocycles. The van der Waals surface area contributed by atoms with E-state index in [0.717, 1.165) is 101 Å². The monoisotopic (exact) mass is 1020 g/mol. The third-order valence-electron chi connectivity index (χ3n) is 13.5. The standard InChI is InChI=1S/C72H55N5S/c1-9-28-56(29-10-1)73-72-47-26-25-46-71(72)55-48-65(74(57-30-11-2-12-31-57)58-32-13-3-14-33-58)54-70(49-55)78-69-45-27-44-64(53-69)77(63-42-23-8-24-43-63)68-51-66(75(59-34-15-4-16-35-59)60-36-17-5-18-37-60)50-67(52-68)76(61-38-19-6-20-39-61)62-40-21-7-22-41-62/h1-54,73H. The van der Waals surface area contributed by atoms with E-state index in [4.69, 9.17) is 0 Å². The van der Waals surface area contributed by atoms with Gasteiger partial charge in [-0.3, -0.25) is 0 Å². The van der Waals surface area contributed by atoms with Crippen LogP contribution in [-0.2, 0) is 0 Å². The number of anilines is 14. The van der Waals surface area contributed by atoms with Crippen LogP contribution in [0, 0.1) is 0 Å². The molecule has 0 aliphatic heterocycles. The Labute approximate surface area is 462 Å². The average molecular weight is 1020 g/mol. The lowest BCUT2D eigenvalue weighted by Crippen LogP contribution is -2.16. The summed E-state index contributed by atoms with van der Waals surface area (Å²) in [5.74, 6) is 0. The number of rotatable bonds is 17. The zero-order valence-electron chi connectivity index (χ0n) is 42.9. The van der Waals surface area contributed by atoms with Gasteiger partial charge in [0.15, 0.2) is 0 Å². The summed E-state index contributed by atoms with van der Waals surface area (Å²) in [5.41, 5.74) is 16.8. The van der Waals surface area contributed by atoms with Crippen LogP contribution in [0.2, 0.25) is 0 Å². The Morgan fingerprint density at radius 2 is 0.526 bits per heavy atom. The van der Waals surface area contributed by atoms with Crippen molar-refractivity contribution in [2.45, 2.75) is 9.79 Å². The minimum atomic E-state index is 0.998. The third-order valence-corrected chi connectivity index (χ3v) is 14.5. The number of benzene rings is 12. The van der Waals surface area contributed by atoms with E-state index in [2.05, 4.69) is 346 Å². The van der Waals surface area contributed by atoms with Crippen molar-refractivity contribution in [3.63, 3.8) is 0 Å². The molecule has 12 aromatic carbocycles. The van der Waals surface area contributed by atoms with Crippen molar-refractivity contribution in [3.05, 3.63) is 328 Å². The first-order valence-electron chi connectivity index (χ1n) is 26.2. The quantitative estimate of drug-likeness (QED) is 0.0976. The van der Waals surface area contributed by atoms with Crippen molar-refractivity contribution in [3.8, 4) is 11.1 Å². The number of hydrogen-bond donors (Lipinski definition) is 1. The van der Waals surface area contributed by atoms with Crippen LogP contribution in [0.5, 0.6) is 0 Å². The fourth-order valence-electron chi connectivity index (χ4n) is 10.1. The van der Waals surface area contributed by atoms with Crippen LogP contribution in [0.25, 0.3) is 11.1 Å². The molecule has 0 aliphatic rings. The molecule has 0 heterocycles. The van der Waals surface area contributed by atoms with Crippen molar-refractivity contribution in [2.75, 3.05) is 24.9 Å². The summed E-state index contributed by atoms with van der Waals surface area (Å²) in [4.78, 5) is 11.6. The lowest BCUT2D eigenvalue weighted by Gasteiger charge is -2.33. The molecule has 5 nitrogen and oxygen atoms in total. The Kier molecular flexibility index (Phi) is 14.6. The van der Waals surface area contributed by atoms with Gasteiger partial charge >= 0.3 is 0 Å². The third kappa shape index (κ3) is 11.0. The highest BCUT2D eigenvalue weighted by molar-refractivity contribution is 7.99. The summed E-state index contributed by atoms with van der Waals surface area (Å²) >= 11 is 1.77. The molecule has 1 N–H and O–H groups in total. The summed E-state index contributed by atoms with van der Waals surface area (Å²) in [7, 11) is 0. The molecule has 374 valence electrons. The second-order valence-electron chi connectivity index (χ2n) is 18.7. The number of para-hydroxylation sites is 9. The van der Waals surface area contributed by atoms with Gasteiger partial charge < -0.3 is 24.9 Å². The molecule has 78 heavy (non-hydrogen) atoms. The van der Waals surface area contributed by atoms with Gasteiger partial charge in [0.1, 0.15) is 0 Å². The molecule has 0 aliphatic carbocycles. The molecule has 0 atom stereocenters. The highest BCUT2D eigenvalue weighted by Gasteiger charge is 2.23. The van der Waals surface area contributed by atoms with E-state index in [1.54, 1.807) is 11.8 Å². The first-order chi connectivity index (χ1) is 38.7. The molecule has 0 saturated heterocycles. The van der Waals surface area contributed by atoms with Crippen molar-refractivity contribution in [1.82, 2.24) is 0 Å². The van der Waals surface area contributed by atoms with Gasteiger partial charge in [-0.05, 0) is 163 Å². The van der Waals surface area contributed by atoms with Gasteiger partial charge in [-0.25, -0.2) is 0 Å². The van der Waals surface area contributed by atoms with Gasteiger partial charge in [0.05, 0.1) is 17.1 Å². The van der Waals surface area contributed by atoms with Gasteiger partial charge in [0.2, 0.25) is 0 Å². The highest BCUT2D eigenvalue weighted by atomic mass is 32.2. The highest BCUT2D eigenvalue weighted by Crippen LogP contribution is 2.48. The minimum Gasteiger partial charge on any atom is -0.355 e. The van der Waals surface area contributed by atoms with Crippen molar-refractivity contribution < 1.29 is 0 Å². The first-order valence-corrected chi connectivity index (χ1v) is 27.1. The van der Waals surface area contributed by atoms with Gasteiger partial charge in [-0.2, -0.15) is 0 Å². The number of nitrogens with one attached hydrogen (secondary N) is 1. The maximum absolute atomic E-state index is 3.73. The second-order valence-corrected chi connectivity index (χ2v) is 19.9. The van der Waals surface area contributed by atoms with E-state index in [0.29, 0.717) is 0 Å². The molecular formula is C72H55N5S. The summed E-state index contributed by atoms with van der Waals surface area (Å²) in [5, 5.41) is 3.73. The Morgan fingerprint density at radius 1 is 0.218 bits per heavy atom. The van der Waals surface area contributed by atoms with Crippen molar-refractivity contribution >= 4 is 91.4 Å². The minimum absolute atomic E-state index is 0.998. The summed E-state index contributed by atoms with van der Waals surface area (Å²) in [6.07, 6.45) is 0. The topological polar surface area (TPSA) is 25.0 Å². The number of nitrogens with zero attached hydrogens (tertiary/aromatic N) is 4. The van der Waals surface area contributed by atoms with Crippen LogP contribution in [-0.4, -0.2) is 0 Å². The lowest BCUT2D eigenvalue weighted by atomic mass is 10.0. The lowest BCUT2D eigenvalue weighted by molar-refractivity contribution is 1.22. The fourth-order valence-corrected chi connectivity index (χ4v) is 11.0. The normalized spacial score (nSPS) is 10.9. The predicted molar refractivity (Wildman–Crippen MR) is 331 cm³/mol. The maximum Gasteiger partial charge on any atom is 0.0503 e. The van der Waals surface area contributed by atoms with Gasteiger partial charge in [-0.15, -0.1) is 0 Å². The Bertz CT molecular complexity index is 3630. The second kappa shape index (κ2) is 23.3. The zero-order valence-corrected chi connectivity index (χ0v) is 43.7. The molecule has 0 aromatic heterocycles. The van der Waals surface area contributed by atoms with Crippen LogP contribution >= 0.6 is 11.8 Å². The van der Waals surface area contributed by atoms with E-state index in [1.165, 1.54) is 0 Å². The fraction of sp³-hybridized carbons (Fsp3) is 0. The van der Waals surface area contributed by atoms with Crippen LogP contribution < -0.4 is 24.9 Å². The summed E-state index contributed by atoms with van der Waals surface area (Å²) < 4.78 is 0. The van der Waals surface area contributed by atoms with E-state index in [-0.39, 0.29) is 0 Å². The van der Waals surface area contributed by atoms with E-state index in [9.17, 15) is 0 Å². The Morgan fingerprint density at radius 3 is 0.923 bits per heavy atom. The van der Waals surface area contributed by atoms with Crippen LogP contribution in [0.1, 0.15) is 0 Å². The van der Waals surface area contributed by atoms with Gasteiger partial charge in [-0.1, -0.05) is 182 Å². The molecule has 0 radical (unpaired) electrons. The van der Waals surface area contributed by atoms with E-state index >= 15 is 0 Å². The molecule has 12 rings (SSSR count). The molecular weight excluding hydrogens is 967 g/mol. The van der Waals surface area contributed by atoms with Crippen LogP contribution in [0.4, 0.5) is 79.6 Å². The van der Waals surface area contributed by atoms with E-state index in [1.807, 2.05) is 6.07 Å². The molecule has 6 heteroatoms. The van der Waals surface area contributed by atoms with Crippen LogP contribution in [0.3, 0.4) is 0 Å². The maximum atomic E-state index is 3.73. The largest absolute Gasteiger partial charge is 0.355 e. The Balaban J connectivity index is 1.02. The SMILES string of the molecule is c1ccc(Nc2ccccc2-c2cc(Sc3cccc(N(c4ccccc4)c4cc(N(c5ccccc5)c5ccccc5)cc(N(c5ccccc5)c5ccccc5)c4)c3)cc(N(c3ccccc3)c3ccccc3)c2)cc1. The van der Waals surface area contributed by atoms with Gasteiger partial charge in [0, 0.05) is 77.9 Å². The summed E-state index contributed by atoms with van der Waals surface area (Å²) in [6.45, 7) is 0. The molecule has 12 aromatic rings. The zero-order chi connectivity index (χ0) is 52.3. The molecule has 0 spiro atoms. The van der Waals surface area contributed by atoms with E-state index < -0.39 is 0 Å². The molecule has 0 unspecified atom stereocenters. The molecule has 0 bridgehead atoms. The predicted octanol–water partition coefficient (Wildman–Crippen LogP) is 21.1. The Hall–Kier alpha value is -10.0.